The third kappa shape index (κ3) is 6.11. The maximum absolute atomic E-state index is 15.6. The number of halogens is 2. The number of para-hydroxylation sites is 3. The molecule has 4 amide bonds. The smallest absolute Gasteiger partial charge is 0.260 e. The van der Waals surface area contributed by atoms with Crippen LogP contribution in [0.25, 0.3) is 22.6 Å². The molecule has 4 aliphatic rings. The van der Waals surface area contributed by atoms with Crippen molar-refractivity contribution < 1.29 is 38.2 Å². The van der Waals surface area contributed by atoms with Gasteiger partial charge in [-0.25, -0.2) is 4.98 Å². The lowest BCUT2D eigenvalue weighted by atomic mass is 9.49. The summed E-state index contributed by atoms with van der Waals surface area (Å²) in [4.78, 5) is 66.0. The first-order chi connectivity index (χ1) is 30.1. The summed E-state index contributed by atoms with van der Waals surface area (Å²) in [6.07, 6.45) is 2.29. The highest BCUT2D eigenvalue weighted by Crippen LogP contribution is 2.65. The van der Waals surface area contributed by atoms with E-state index in [1.807, 2.05) is 42.5 Å². The maximum Gasteiger partial charge on any atom is 0.260 e. The van der Waals surface area contributed by atoms with Crippen molar-refractivity contribution in [2.75, 3.05) is 30.6 Å². The van der Waals surface area contributed by atoms with Gasteiger partial charge in [0.1, 0.15) is 23.6 Å². The van der Waals surface area contributed by atoms with Crippen LogP contribution in [0.3, 0.4) is 0 Å². The predicted octanol–water partition coefficient (Wildman–Crippen LogP) is 8.37. The van der Waals surface area contributed by atoms with Gasteiger partial charge in [0.05, 0.1) is 53.3 Å². The zero-order chi connectivity index (χ0) is 42.9. The van der Waals surface area contributed by atoms with E-state index in [9.17, 15) is 14.7 Å². The van der Waals surface area contributed by atoms with E-state index in [1.165, 1.54) is 11.0 Å². The highest BCUT2D eigenvalue weighted by molar-refractivity contribution is 6.36. The van der Waals surface area contributed by atoms with E-state index in [0.717, 1.165) is 10.6 Å². The van der Waals surface area contributed by atoms with Crippen LogP contribution in [-0.4, -0.2) is 59.1 Å². The molecule has 1 saturated carbocycles. The van der Waals surface area contributed by atoms with Crippen LogP contribution in [0, 0.1) is 23.7 Å². The fourth-order valence-electron chi connectivity index (χ4n) is 10.2. The number of aliphatic hydroxyl groups excluding tert-OH is 1. The van der Waals surface area contributed by atoms with Gasteiger partial charge in [0.15, 0.2) is 5.58 Å². The first kappa shape index (κ1) is 39.7. The van der Waals surface area contributed by atoms with Crippen LogP contribution >= 0.6 is 23.2 Å². The Labute approximate surface area is 365 Å². The van der Waals surface area contributed by atoms with E-state index in [1.54, 1.807) is 79.9 Å². The number of anilines is 2. The highest BCUT2D eigenvalue weighted by atomic mass is 35.5. The second-order valence-corrected chi connectivity index (χ2v) is 16.7. The van der Waals surface area contributed by atoms with Crippen molar-refractivity contribution in [3.63, 3.8) is 0 Å². The number of hydrogen-bond acceptors (Lipinski definition) is 10. The summed E-state index contributed by atoms with van der Waals surface area (Å²) >= 11 is 12.8. The number of nitrogens with one attached hydrogen (secondary N) is 1. The van der Waals surface area contributed by atoms with Crippen molar-refractivity contribution in [1.29, 1.82) is 0 Å². The van der Waals surface area contributed by atoms with E-state index >= 15 is 9.59 Å². The zero-order valence-electron chi connectivity index (χ0n) is 33.2. The Morgan fingerprint density at radius 1 is 0.871 bits per heavy atom. The number of hydrazine groups is 1. The molecule has 312 valence electrons. The van der Waals surface area contributed by atoms with Gasteiger partial charge in [-0.1, -0.05) is 77.3 Å². The Balaban J connectivity index is 1.10. The van der Waals surface area contributed by atoms with Crippen LogP contribution in [0.4, 0.5) is 11.4 Å². The minimum absolute atomic E-state index is 0.0291. The summed E-state index contributed by atoms with van der Waals surface area (Å²) in [5, 5.41) is 11.4. The number of oxazole rings is 1. The van der Waals surface area contributed by atoms with Gasteiger partial charge in [-0.15, -0.1) is 0 Å². The molecule has 0 radical (unpaired) electrons. The number of rotatable bonds is 10. The number of ether oxygens (including phenoxy) is 2. The third-order valence-electron chi connectivity index (χ3n) is 12.8. The topological polar surface area (TPSA) is 152 Å². The highest BCUT2D eigenvalue weighted by Gasteiger charge is 2.70. The normalized spacial score (nSPS) is 24.2. The molecule has 5 aromatic carbocycles. The van der Waals surface area contributed by atoms with Gasteiger partial charge in [-0.2, -0.15) is 5.01 Å². The Bertz CT molecular complexity index is 2790. The molecule has 6 aromatic rings. The summed E-state index contributed by atoms with van der Waals surface area (Å²) in [6.45, 7) is -0.294. The molecule has 0 spiro atoms. The molecule has 3 heterocycles. The van der Waals surface area contributed by atoms with Crippen molar-refractivity contribution >= 4 is 69.3 Å². The van der Waals surface area contributed by atoms with Gasteiger partial charge in [-0.3, -0.25) is 29.5 Å². The third-order valence-corrected chi connectivity index (χ3v) is 13.4. The van der Waals surface area contributed by atoms with E-state index in [2.05, 4.69) is 10.4 Å². The van der Waals surface area contributed by atoms with Crippen LogP contribution in [0.5, 0.6) is 11.5 Å². The van der Waals surface area contributed by atoms with Gasteiger partial charge in [0.2, 0.25) is 17.7 Å². The van der Waals surface area contributed by atoms with E-state index in [4.69, 9.17) is 37.1 Å². The minimum Gasteiger partial charge on any atom is -0.497 e. The number of aliphatic hydroxyl groups is 1. The van der Waals surface area contributed by atoms with E-state index in [0.29, 0.717) is 55.9 Å². The van der Waals surface area contributed by atoms with Crippen LogP contribution in [0.1, 0.15) is 29.9 Å². The lowest BCUT2D eigenvalue weighted by molar-refractivity contribution is -0.138. The maximum atomic E-state index is 15.6. The van der Waals surface area contributed by atoms with Gasteiger partial charge in [-0.05, 0) is 97.1 Å². The summed E-state index contributed by atoms with van der Waals surface area (Å²) in [5.74, 6) is -4.50. The molecule has 62 heavy (non-hydrogen) atoms. The van der Waals surface area contributed by atoms with Gasteiger partial charge in [0, 0.05) is 22.1 Å². The number of fused-ring (bicyclic) bond motifs is 5. The number of allylic oxidation sites excluding steroid dienone is 2. The number of benzene rings is 5. The van der Waals surface area contributed by atoms with Gasteiger partial charge < -0.3 is 19.0 Å². The Morgan fingerprint density at radius 2 is 1.63 bits per heavy atom. The second kappa shape index (κ2) is 15.5. The number of imide groups is 2. The van der Waals surface area contributed by atoms with Crippen molar-refractivity contribution in [2.24, 2.45) is 23.7 Å². The lowest BCUT2D eigenvalue weighted by Gasteiger charge is -2.50. The van der Waals surface area contributed by atoms with Crippen molar-refractivity contribution in [1.82, 2.24) is 9.99 Å². The largest absolute Gasteiger partial charge is 0.497 e. The molecule has 2 saturated heterocycles. The molecule has 0 unspecified atom stereocenters. The summed E-state index contributed by atoms with van der Waals surface area (Å²) in [6, 6.07) is 33.4. The Hall–Kier alpha value is -6.47. The standard InChI is InChI=1S/C48H38Cl2N4O8/c1-60-30-17-12-27(13-18-30)48-35(45(57)54(47(48)59)52-37-21-14-28(49)24-36(37)50)25-34-31(42(48)32-6-2-4-8-39(32)61-23-22-55)19-20-33-41(34)46(58)53(44(33)56)29-15-10-26(11-16-29)43-51-38-7-3-5-9-40(38)62-43/h2-19,21,24,33-35,41-42,52,55H,20,22-23,25H2,1H3/t33-,34+,35-,41-,42+,48+/m0/s1. The molecule has 2 N–H and O–H groups in total. The number of hydrogen-bond donors (Lipinski definition) is 2. The first-order valence-electron chi connectivity index (χ1n) is 20.2. The molecule has 2 aliphatic carbocycles. The molecule has 3 fully saturated rings. The minimum atomic E-state index is -1.59. The Morgan fingerprint density at radius 3 is 2.37 bits per heavy atom. The monoisotopic (exact) mass is 868 g/mol. The zero-order valence-corrected chi connectivity index (χ0v) is 34.7. The van der Waals surface area contributed by atoms with Crippen LogP contribution < -0.4 is 19.8 Å². The van der Waals surface area contributed by atoms with Gasteiger partial charge in [0.25, 0.3) is 11.8 Å². The van der Waals surface area contributed by atoms with Crippen molar-refractivity contribution in [2.45, 2.75) is 24.2 Å². The molecule has 12 nitrogen and oxygen atoms in total. The van der Waals surface area contributed by atoms with Crippen molar-refractivity contribution in [3.8, 4) is 23.0 Å². The quantitative estimate of drug-likeness (QED) is 0.102. The molecule has 1 aromatic heterocycles. The van der Waals surface area contributed by atoms with Crippen LogP contribution in [0.15, 0.2) is 131 Å². The molecular weight excluding hydrogens is 831 g/mol. The fourth-order valence-corrected chi connectivity index (χ4v) is 10.6. The van der Waals surface area contributed by atoms with Gasteiger partial charge >= 0.3 is 0 Å². The SMILES string of the molecule is COc1ccc([C@@]23C(=O)N(Nc4ccc(Cl)cc4Cl)C(=O)[C@@H]2C[C@@H]2C(=CC[C@@H]4C(=O)N(c5ccc(-c6nc7ccccc7o6)cc5)C(=O)[C@@H]42)[C@@H]3c2ccccc2OCCO)cc1. The Kier molecular flexibility index (Phi) is 9.89. The van der Waals surface area contributed by atoms with E-state index in [-0.39, 0.29) is 48.6 Å². The molecule has 2 aliphatic heterocycles. The average Bonchev–Trinajstić information content (AvgIpc) is 3.91. The fraction of sp³-hybridized carbons (Fsp3) is 0.229. The number of carbonyl (C=O) groups is 4. The number of amides is 4. The van der Waals surface area contributed by atoms with E-state index < -0.39 is 46.8 Å². The summed E-state index contributed by atoms with van der Waals surface area (Å²) in [7, 11) is 1.55. The number of nitrogens with zero attached hydrogens (tertiary/aromatic N) is 3. The summed E-state index contributed by atoms with van der Waals surface area (Å²) in [5.41, 5.74) is 6.04. The van der Waals surface area contributed by atoms with Crippen LogP contribution in [-0.2, 0) is 24.6 Å². The molecule has 10 rings (SSSR count). The van der Waals surface area contributed by atoms with Crippen molar-refractivity contribution in [3.05, 3.63) is 148 Å². The predicted molar refractivity (Wildman–Crippen MR) is 232 cm³/mol. The number of carbonyl (C=O) groups excluding carboxylic acids is 4. The summed E-state index contributed by atoms with van der Waals surface area (Å²) < 4.78 is 17.6. The molecular formula is C48H38Cl2N4O8. The molecule has 6 atom stereocenters. The average molecular weight is 870 g/mol. The molecule has 0 bridgehead atoms. The number of aromatic nitrogens is 1. The first-order valence-corrected chi connectivity index (χ1v) is 21.0. The number of methoxy groups -OCH3 is 1. The van der Waals surface area contributed by atoms with Crippen LogP contribution in [0.2, 0.25) is 10.0 Å². The lowest BCUT2D eigenvalue weighted by Crippen LogP contribution is -2.53. The molecule has 14 heteroatoms. The second-order valence-electron chi connectivity index (χ2n) is 15.9.